The van der Waals surface area contributed by atoms with Gasteiger partial charge in [-0.3, -0.25) is 9.69 Å². The Bertz CT molecular complexity index is 703. The number of piperazine rings is 1. The minimum atomic E-state index is -0.109. The minimum Gasteiger partial charge on any atom is -0.347 e. The number of imidazole rings is 1. The second-order valence-electron chi connectivity index (χ2n) is 5.41. The van der Waals surface area contributed by atoms with Crippen molar-refractivity contribution in [3.8, 4) is 6.07 Å². The summed E-state index contributed by atoms with van der Waals surface area (Å²) in [5.74, 6) is 0.763. The number of carbonyl (C=O) groups is 1. The number of amides is 1. The fraction of sp³-hybridized carbons (Fsp3) is 0.375. The van der Waals surface area contributed by atoms with Crippen molar-refractivity contribution in [3.05, 3.63) is 47.8 Å². The van der Waals surface area contributed by atoms with E-state index in [-0.39, 0.29) is 11.9 Å². The molecule has 3 rings (SSSR count). The third kappa shape index (κ3) is 3.07. The fourth-order valence-electron chi connectivity index (χ4n) is 2.85. The maximum absolute atomic E-state index is 12.6. The number of rotatable bonds is 3. The molecule has 1 N–H and O–H groups in total. The van der Waals surface area contributed by atoms with Gasteiger partial charge >= 0.3 is 0 Å². The van der Waals surface area contributed by atoms with Crippen LogP contribution in [0.2, 0.25) is 0 Å². The molecule has 1 aliphatic rings. The summed E-state index contributed by atoms with van der Waals surface area (Å²) in [6.45, 7) is 5.04. The van der Waals surface area contributed by atoms with Gasteiger partial charge in [-0.05, 0) is 18.7 Å². The van der Waals surface area contributed by atoms with Gasteiger partial charge < -0.3 is 9.88 Å². The van der Waals surface area contributed by atoms with Gasteiger partial charge in [0.15, 0.2) is 0 Å². The lowest BCUT2D eigenvalue weighted by Crippen LogP contribution is -2.50. The van der Waals surface area contributed by atoms with Gasteiger partial charge in [0.25, 0.3) is 5.91 Å². The Morgan fingerprint density at radius 3 is 2.91 bits per heavy atom. The Labute approximate surface area is 134 Å². The minimum absolute atomic E-state index is 0.0612. The van der Waals surface area contributed by atoms with Gasteiger partial charge in [-0.2, -0.15) is 5.26 Å². The highest BCUT2D eigenvalue weighted by Crippen LogP contribution is 2.23. The van der Waals surface area contributed by atoms with Crippen LogP contribution >= 0.6 is 0 Å². The fourth-order valence-corrected chi connectivity index (χ4v) is 2.85. The summed E-state index contributed by atoms with van der Waals surface area (Å²) >= 11 is 0. The Morgan fingerprint density at radius 1 is 1.43 bits per heavy atom. The van der Waals surface area contributed by atoms with Gasteiger partial charge in [-0.15, -0.1) is 0 Å². The van der Waals surface area contributed by atoms with Crippen LogP contribution in [0, 0.1) is 11.3 Å². The average molecular weight is 310 g/mol. The van der Waals surface area contributed by atoms with E-state index >= 15 is 0 Å². The molecule has 0 radical (unpaired) electrons. The van der Waals surface area contributed by atoms with Crippen LogP contribution in [0.1, 0.15) is 34.8 Å². The van der Waals surface area contributed by atoms with Crippen LogP contribution in [0.25, 0.3) is 0 Å². The molecule has 0 bridgehead atoms. The van der Waals surface area contributed by atoms with Crippen molar-refractivity contribution in [1.82, 2.24) is 24.8 Å². The summed E-state index contributed by atoms with van der Waals surface area (Å²) < 4.78 is 0. The largest absolute Gasteiger partial charge is 0.347 e. The zero-order chi connectivity index (χ0) is 16.2. The monoisotopic (exact) mass is 310 g/mol. The number of nitrogens with zero attached hydrogens (tertiary/aromatic N) is 5. The number of hydrogen-bond acceptors (Lipinski definition) is 5. The molecule has 0 saturated carbocycles. The number of H-pyrrole nitrogens is 1. The maximum atomic E-state index is 12.6. The standard InChI is InChI=1S/C16H18N6O/c1-2-21-7-8-22(11-14(21)15-18-5-6-19-15)16(23)13-4-3-12(9-17)10-20-13/h3-6,10,14H,2,7-8,11H2,1H3,(H,18,19)/t14-/m1/s1. The molecule has 0 aliphatic carbocycles. The number of hydrogen-bond donors (Lipinski definition) is 1. The van der Waals surface area contributed by atoms with E-state index in [1.807, 2.05) is 6.07 Å². The first-order valence-electron chi connectivity index (χ1n) is 7.61. The predicted molar refractivity (Wildman–Crippen MR) is 83.4 cm³/mol. The molecule has 1 fully saturated rings. The van der Waals surface area contributed by atoms with Gasteiger partial charge in [-0.25, -0.2) is 9.97 Å². The second-order valence-corrected chi connectivity index (χ2v) is 5.41. The predicted octanol–water partition coefficient (Wildman–Crippen LogP) is 1.20. The highest BCUT2D eigenvalue weighted by Gasteiger charge is 2.31. The Balaban J connectivity index is 1.77. The summed E-state index contributed by atoms with van der Waals surface area (Å²) in [5, 5.41) is 8.81. The summed E-state index contributed by atoms with van der Waals surface area (Å²) in [5.41, 5.74) is 0.818. The number of nitriles is 1. The summed E-state index contributed by atoms with van der Waals surface area (Å²) in [6.07, 6.45) is 4.96. The van der Waals surface area contributed by atoms with E-state index < -0.39 is 0 Å². The van der Waals surface area contributed by atoms with E-state index in [2.05, 4.69) is 26.8 Å². The normalized spacial score (nSPS) is 18.6. The molecular weight excluding hydrogens is 292 g/mol. The maximum Gasteiger partial charge on any atom is 0.272 e. The van der Waals surface area contributed by atoms with Crippen molar-refractivity contribution in [2.24, 2.45) is 0 Å². The van der Waals surface area contributed by atoms with Crippen molar-refractivity contribution in [1.29, 1.82) is 5.26 Å². The number of carbonyl (C=O) groups excluding carboxylic acids is 1. The zero-order valence-corrected chi connectivity index (χ0v) is 12.9. The van der Waals surface area contributed by atoms with Crippen LogP contribution in [0.3, 0.4) is 0 Å². The number of nitrogens with one attached hydrogen (secondary N) is 1. The number of likely N-dealkylation sites (N-methyl/N-ethyl adjacent to an activating group) is 1. The van der Waals surface area contributed by atoms with E-state index in [1.165, 1.54) is 6.20 Å². The van der Waals surface area contributed by atoms with E-state index in [0.717, 1.165) is 18.9 Å². The molecule has 118 valence electrons. The number of aromatic nitrogens is 3. The molecule has 7 nitrogen and oxygen atoms in total. The molecule has 1 aliphatic heterocycles. The Hall–Kier alpha value is -2.72. The molecule has 1 saturated heterocycles. The van der Waals surface area contributed by atoms with Crippen molar-refractivity contribution >= 4 is 5.91 Å². The number of aromatic amines is 1. The Kier molecular flexibility index (Phi) is 4.35. The van der Waals surface area contributed by atoms with Crippen LogP contribution in [0.5, 0.6) is 0 Å². The van der Waals surface area contributed by atoms with Crippen LogP contribution in [-0.4, -0.2) is 56.8 Å². The van der Waals surface area contributed by atoms with E-state index in [4.69, 9.17) is 5.26 Å². The van der Waals surface area contributed by atoms with Crippen LogP contribution in [-0.2, 0) is 0 Å². The van der Waals surface area contributed by atoms with Crippen LogP contribution in [0.4, 0.5) is 0 Å². The quantitative estimate of drug-likeness (QED) is 0.920. The van der Waals surface area contributed by atoms with Crippen molar-refractivity contribution in [3.63, 3.8) is 0 Å². The van der Waals surface area contributed by atoms with Crippen LogP contribution in [0.15, 0.2) is 30.7 Å². The summed E-state index contributed by atoms with van der Waals surface area (Å²) in [4.78, 5) is 28.3. The number of pyridine rings is 1. The van der Waals surface area contributed by atoms with Crippen LogP contribution < -0.4 is 0 Å². The van der Waals surface area contributed by atoms with Crippen molar-refractivity contribution in [2.45, 2.75) is 13.0 Å². The molecule has 1 atom stereocenters. The molecule has 3 heterocycles. The molecule has 0 unspecified atom stereocenters. The Morgan fingerprint density at radius 2 is 2.30 bits per heavy atom. The average Bonchev–Trinajstić information content (AvgIpc) is 3.15. The first-order valence-corrected chi connectivity index (χ1v) is 7.61. The third-order valence-corrected chi connectivity index (χ3v) is 4.13. The summed E-state index contributed by atoms with van der Waals surface area (Å²) in [6, 6.07) is 5.29. The summed E-state index contributed by atoms with van der Waals surface area (Å²) in [7, 11) is 0. The molecule has 7 heteroatoms. The lowest BCUT2D eigenvalue weighted by Gasteiger charge is -2.39. The zero-order valence-electron chi connectivity index (χ0n) is 12.9. The topological polar surface area (TPSA) is 88.9 Å². The van der Waals surface area contributed by atoms with Gasteiger partial charge in [0.05, 0.1) is 11.6 Å². The van der Waals surface area contributed by atoms with Crippen molar-refractivity contribution < 1.29 is 4.79 Å². The molecule has 0 spiro atoms. The highest BCUT2D eigenvalue weighted by atomic mass is 16.2. The smallest absolute Gasteiger partial charge is 0.272 e. The van der Waals surface area contributed by atoms with Crippen molar-refractivity contribution in [2.75, 3.05) is 26.2 Å². The van der Waals surface area contributed by atoms with Gasteiger partial charge in [0.2, 0.25) is 0 Å². The molecular formula is C16H18N6O. The SMILES string of the molecule is CCN1CCN(C(=O)c2ccc(C#N)cn2)C[C@@H]1c1ncc[nH]1. The van der Waals surface area contributed by atoms with E-state index in [1.54, 1.807) is 29.4 Å². The third-order valence-electron chi connectivity index (χ3n) is 4.13. The molecule has 1 amide bonds. The first-order chi connectivity index (χ1) is 11.2. The molecule has 0 aromatic carbocycles. The first kappa shape index (κ1) is 15.2. The lowest BCUT2D eigenvalue weighted by atomic mass is 10.1. The van der Waals surface area contributed by atoms with Gasteiger partial charge in [-0.1, -0.05) is 6.92 Å². The van der Waals surface area contributed by atoms with E-state index in [9.17, 15) is 4.79 Å². The van der Waals surface area contributed by atoms with Gasteiger partial charge in [0.1, 0.15) is 17.6 Å². The molecule has 2 aromatic rings. The van der Waals surface area contributed by atoms with E-state index in [0.29, 0.717) is 24.3 Å². The highest BCUT2D eigenvalue weighted by molar-refractivity contribution is 5.92. The lowest BCUT2D eigenvalue weighted by molar-refractivity contribution is 0.0475. The van der Waals surface area contributed by atoms with Gasteiger partial charge in [0, 0.05) is 38.2 Å². The molecule has 23 heavy (non-hydrogen) atoms. The second kappa shape index (κ2) is 6.58. The molecule has 2 aromatic heterocycles.